The topological polar surface area (TPSA) is 83.3 Å². The third-order valence-corrected chi connectivity index (χ3v) is 1.90. The summed E-state index contributed by atoms with van der Waals surface area (Å²) in [4.78, 5) is 21.5. The van der Waals surface area contributed by atoms with Crippen LogP contribution in [0.4, 0.5) is 0 Å². The minimum Gasteiger partial charge on any atom is -0.481 e. The lowest BCUT2D eigenvalue weighted by atomic mass is 10.1. The molecule has 2 aromatic rings. The second-order valence-corrected chi connectivity index (χ2v) is 2.93. The van der Waals surface area contributed by atoms with Gasteiger partial charge in [0, 0.05) is 0 Å². The summed E-state index contributed by atoms with van der Waals surface area (Å²) in [6, 6.07) is 4.71. The van der Waals surface area contributed by atoms with E-state index in [1.54, 1.807) is 12.1 Å². The molecule has 5 nitrogen and oxygen atoms in total. The molecule has 0 aliphatic heterocycles. The van der Waals surface area contributed by atoms with Crippen LogP contribution in [-0.4, -0.2) is 16.2 Å². The number of fused-ring (bicyclic) bond motifs is 1. The quantitative estimate of drug-likeness (QED) is 0.737. The van der Waals surface area contributed by atoms with Crippen molar-refractivity contribution in [3.8, 4) is 0 Å². The first-order valence-electron chi connectivity index (χ1n) is 3.99. The number of H-pyrrole nitrogens is 1. The summed E-state index contributed by atoms with van der Waals surface area (Å²) in [6.45, 7) is 0. The van der Waals surface area contributed by atoms with E-state index >= 15 is 0 Å². The predicted octanol–water partition coefficient (Wildman–Crippen LogP) is 0.748. The minimum atomic E-state index is -0.927. The third-order valence-electron chi connectivity index (χ3n) is 1.90. The van der Waals surface area contributed by atoms with Gasteiger partial charge in [-0.25, -0.2) is 0 Å². The second-order valence-electron chi connectivity index (χ2n) is 2.93. The van der Waals surface area contributed by atoms with Crippen molar-refractivity contribution < 1.29 is 14.4 Å². The Hall–Kier alpha value is -2.04. The summed E-state index contributed by atoms with van der Waals surface area (Å²) in [5.41, 5.74) is 0.674. The molecule has 2 N–H and O–H groups in total. The Bertz CT molecular complexity index is 537. The monoisotopic (exact) mass is 193 g/mol. The van der Waals surface area contributed by atoms with Crippen molar-refractivity contribution in [2.75, 3.05) is 0 Å². The van der Waals surface area contributed by atoms with Crippen LogP contribution >= 0.6 is 0 Å². The van der Waals surface area contributed by atoms with Crippen molar-refractivity contribution in [1.29, 1.82) is 0 Å². The highest BCUT2D eigenvalue weighted by atomic mass is 16.5. The first-order chi connectivity index (χ1) is 6.66. The number of carbonyl (C=O) groups is 1. The molecular formula is C9H7NO4. The van der Waals surface area contributed by atoms with Crippen molar-refractivity contribution >= 4 is 16.9 Å². The summed E-state index contributed by atoms with van der Waals surface area (Å²) in [7, 11) is 0. The Morgan fingerprint density at radius 2 is 2.29 bits per heavy atom. The van der Waals surface area contributed by atoms with Crippen LogP contribution in [0.1, 0.15) is 5.56 Å². The lowest BCUT2D eigenvalue weighted by Crippen LogP contribution is -2.01. The molecule has 0 unspecified atom stereocenters. The number of hydrogen-bond acceptors (Lipinski definition) is 3. The maximum absolute atomic E-state index is 11.1. The Kier molecular flexibility index (Phi) is 1.85. The average molecular weight is 193 g/mol. The first kappa shape index (κ1) is 8.55. The molecule has 0 spiro atoms. The van der Waals surface area contributed by atoms with E-state index in [-0.39, 0.29) is 12.0 Å². The van der Waals surface area contributed by atoms with Crippen LogP contribution in [-0.2, 0) is 11.2 Å². The Morgan fingerprint density at radius 1 is 1.50 bits per heavy atom. The summed E-state index contributed by atoms with van der Waals surface area (Å²) >= 11 is 0. The third kappa shape index (κ3) is 1.39. The van der Waals surface area contributed by atoms with Gasteiger partial charge in [0.05, 0.1) is 11.8 Å². The zero-order valence-corrected chi connectivity index (χ0v) is 7.11. The van der Waals surface area contributed by atoms with Gasteiger partial charge in [-0.1, -0.05) is 6.07 Å². The lowest BCUT2D eigenvalue weighted by Gasteiger charge is -1.94. The zero-order valence-electron chi connectivity index (χ0n) is 7.11. The number of benzene rings is 1. The van der Waals surface area contributed by atoms with Crippen LogP contribution in [0.2, 0.25) is 0 Å². The first-order valence-corrected chi connectivity index (χ1v) is 3.99. The van der Waals surface area contributed by atoms with Crippen LogP contribution in [0, 0.1) is 0 Å². The number of hydrogen-bond donors (Lipinski definition) is 2. The van der Waals surface area contributed by atoms with Gasteiger partial charge in [0.15, 0.2) is 5.58 Å². The lowest BCUT2D eigenvalue weighted by molar-refractivity contribution is -0.136. The van der Waals surface area contributed by atoms with Crippen molar-refractivity contribution in [3.63, 3.8) is 0 Å². The molecular weight excluding hydrogens is 186 g/mol. The van der Waals surface area contributed by atoms with Gasteiger partial charge in [0.25, 0.3) is 5.56 Å². The molecule has 0 amide bonds. The molecule has 0 bridgehead atoms. The van der Waals surface area contributed by atoms with Gasteiger partial charge >= 0.3 is 5.97 Å². The molecule has 1 aromatic heterocycles. The average Bonchev–Trinajstić information content (AvgIpc) is 2.47. The fourth-order valence-electron chi connectivity index (χ4n) is 1.28. The normalized spacial score (nSPS) is 10.6. The molecule has 0 saturated carbocycles. The molecule has 0 aliphatic carbocycles. The number of aromatic nitrogens is 1. The van der Waals surface area contributed by atoms with Gasteiger partial charge in [-0.15, -0.1) is 0 Å². The van der Waals surface area contributed by atoms with Crippen LogP contribution < -0.4 is 5.56 Å². The van der Waals surface area contributed by atoms with Gasteiger partial charge in [-0.2, -0.15) is 5.16 Å². The van der Waals surface area contributed by atoms with Gasteiger partial charge in [-0.3, -0.25) is 9.59 Å². The summed E-state index contributed by atoms with van der Waals surface area (Å²) in [5, 5.41) is 11.1. The molecule has 72 valence electrons. The predicted molar refractivity (Wildman–Crippen MR) is 48.2 cm³/mol. The summed E-state index contributed by atoms with van der Waals surface area (Å²) in [6.07, 6.45) is -0.0967. The van der Waals surface area contributed by atoms with Crippen LogP contribution in [0.25, 0.3) is 11.0 Å². The molecule has 0 aliphatic rings. The number of carboxylic acids is 1. The van der Waals surface area contributed by atoms with Gasteiger partial charge < -0.3 is 9.63 Å². The standard InChI is InChI=1S/C9H7NO4/c11-8(12)4-5-1-2-7-6(3-5)9(13)10-14-7/h1-3H,4H2,(H,10,13)(H,11,12). The van der Waals surface area contributed by atoms with Crippen LogP contribution in [0.15, 0.2) is 27.5 Å². The maximum Gasteiger partial charge on any atom is 0.307 e. The molecule has 0 fully saturated rings. The van der Waals surface area contributed by atoms with Crippen LogP contribution in [0.5, 0.6) is 0 Å². The van der Waals surface area contributed by atoms with Crippen molar-refractivity contribution in [3.05, 3.63) is 34.1 Å². The Balaban J connectivity index is 2.54. The number of aromatic amines is 1. The molecule has 14 heavy (non-hydrogen) atoms. The number of rotatable bonds is 2. The molecule has 0 atom stereocenters. The highest BCUT2D eigenvalue weighted by molar-refractivity contribution is 5.78. The van der Waals surface area contributed by atoms with Crippen molar-refractivity contribution in [1.82, 2.24) is 5.16 Å². The number of nitrogens with one attached hydrogen (secondary N) is 1. The molecule has 1 heterocycles. The van der Waals surface area contributed by atoms with Gasteiger partial charge in [0.2, 0.25) is 0 Å². The van der Waals surface area contributed by atoms with E-state index in [0.717, 1.165) is 0 Å². The molecule has 2 rings (SSSR count). The molecule has 0 saturated heterocycles. The number of carboxylic acid groups (broad SMARTS) is 1. The van der Waals surface area contributed by atoms with Gasteiger partial charge in [-0.05, 0) is 17.7 Å². The van der Waals surface area contributed by atoms with E-state index in [4.69, 9.17) is 9.63 Å². The Morgan fingerprint density at radius 3 is 3.00 bits per heavy atom. The van der Waals surface area contributed by atoms with E-state index in [2.05, 4.69) is 5.16 Å². The largest absolute Gasteiger partial charge is 0.481 e. The molecule has 1 aromatic carbocycles. The van der Waals surface area contributed by atoms with Crippen molar-refractivity contribution in [2.45, 2.75) is 6.42 Å². The highest BCUT2D eigenvalue weighted by Gasteiger charge is 2.06. The molecule has 5 heteroatoms. The fraction of sp³-hybridized carbons (Fsp3) is 0.111. The van der Waals surface area contributed by atoms with E-state index in [1.807, 2.05) is 0 Å². The smallest absolute Gasteiger partial charge is 0.307 e. The van der Waals surface area contributed by atoms with Crippen molar-refractivity contribution in [2.24, 2.45) is 0 Å². The highest BCUT2D eigenvalue weighted by Crippen LogP contribution is 2.12. The van der Waals surface area contributed by atoms with Gasteiger partial charge in [0.1, 0.15) is 0 Å². The second kappa shape index (κ2) is 3.02. The maximum atomic E-state index is 11.1. The molecule has 0 radical (unpaired) electrons. The van der Waals surface area contributed by atoms with E-state index in [9.17, 15) is 9.59 Å². The van der Waals surface area contributed by atoms with E-state index < -0.39 is 5.97 Å². The number of aliphatic carboxylic acids is 1. The van der Waals surface area contributed by atoms with Crippen LogP contribution in [0.3, 0.4) is 0 Å². The summed E-state index contributed by atoms with van der Waals surface area (Å²) < 4.78 is 4.82. The Labute approximate surface area is 77.9 Å². The van der Waals surface area contributed by atoms with E-state index in [1.165, 1.54) is 6.07 Å². The summed E-state index contributed by atoms with van der Waals surface area (Å²) in [5.74, 6) is -0.927. The van der Waals surface area contributed by atoms with E-state index in [0.29, 0.717) is 16.5 Å². The SMILES string of the molecule is O=C(O)Cc1ccc2o[nH]c(=O)c2c1. The minimum absolute atomic E-state index is 0.0967. The zero-order chi connectivity index (χ0) is 10.1. The fourth-order valence-corrected chi connectivity index (χ4v) is 1.28.